The molecule has 1 saturated heterocycles. The molecule has 0 bridgehead atoms. The molecule has 6 rings (SSSR count). The minimum absolute atomic E-state index is 0.616. The van der Waals surface area contributed by atoms with Crippen molar-refractivity contribution in [2.24, 2.45) is 5.41 Å². The summed E-state index contributed by atoms with van der Waals surface area (Å²) in [6.45, 7) is 3.11. The summed E-state index contributed by atoms with van der Waals surface area (Å²) in [5.74, 6) is 1.83. The summed E-state index contributed by atoms with van der Waals surface area (Å²) in [6, 6.07) is 4.11. The Morgan fingerprint density at radius 2 is 1.83 bits per heavy atom. The Bertz CT molecular complexity index is 1030. The van der Waals surface area contributed by atoms with Crippen LogP contribution in [0.1, 0.15) is 50.6 Å². The number of anilines is 3. The summed E-state index contributed by atoms with van der Waals surface area (Å²) >= 11 is 0. The normalized spacial score (nSPS) is 21.1. The first-order valence-corrected chi connectivity index (χ1v) is 11.0. The first-order valence-electron chi connectivity index (χ1n) is 11.0. The molecule has 7 nitrogen and oxygen atoms in total. The van der Waals surface area contributed by atoms with Gasteiger partial charge in [0.15, 0.2) is 17.0 Å². The summed E-state index contributed by atoms with van der Waals surface area (Å²) in [7, 11) is 0. The minimum atomic E-state index is 0.616. The van der Waals surface area contributed by atoms with Gasteiger partial charge < -0.3 is 9.80 Å². The number of nitrogens with one attached hydrogen (secondary N) is 1. The van der Waals surface area contributed by atoms with Crippen molar-refractivity contribution < 1.29 is 0 Å². The highest BCUT2D eigenvalue weighted by Gasteiger charge is 2.37. The van der Waals surface area contributed by atoms with Crippen molar-refractivity contribution in [3.63, 3.8) is 0 Å². The lowest BCUT2D eigenvalue weighted by Gasteiger charge is -2.39. The van der Waals surface area contributed by atoms with Crippen molar-refractivity contribution in [2.75, 3.05) is 29.4 Å². The molecule has 3 aliphatic rings. The lowest BCUT2D eigenvalue weighted by atomic mass is 9.77. The minimum Gasteiger partial charge on any atom is -0.355 e. The van der Waals surface area contributed by atoms with Crippen LogP contribution in [0.15, 0.2) is 24.5 Å². The zero-order valence-electron chi connectivity index (χ0n) is 16.8. The summed E-state index contributed by atoms with van der Waals surface area (Å²) in [5.41, 5.74) is 4.50. The second-order valence-corrected chi connectivity index (χ2v) is 8.89. The Morgan fingerprint density at radius 1 is 0.966 bits per heavy atom. The molecule has 3 aromatic rings. The average molecular weight is 390 g/mol. The van der Waals surface area contributed by atoms with Gasteiger partial charge in [0.1, 0.15) is 5.82 Å². The summed E-state index contributed by atoms with van der Waals surface area (Å²) in [5, 5.41) is 7.72. The SMILES string of the molecule is c1cnc2c(c1)N(c1n[nH]c3nc(N4CCC5(CCCC5)CC4)cnc13)CCC2. The number of piperidine rings is 1. The van der Waals surface area contributed by atoms with E-state index >= 15 is 0 Å². The maximum Gasteiger partial charge on any atom is 0.183 e. The molecule has 2 aliphatic heterocycles. The maximum atomic E-state index is 4.89. The van der Waals surface area contributed by atoms with Crippen molar-refractivity contribution in [3.05, 3.63) is 30.2 Å². The Kier molecular flexibility index (Phi) is 3.96. The van der Waals surface area contributed by atoms with Gasteiger partial charge in [0.25, 0.3) is 0 Å². The topological polar surface area (TPSA) is 73.8 Å². The van der Waals surface area contributed by atoms with E-state index in [1.165, 1.54) is 38.5 Å². The molecule has 0 amide bonds. The Morgan fingerprint density at radius 3 is 2.69 bits per heavy atom. The Labute approximate surface area is 170 Å². The second kappa shape index (κ2) is 6.68. The largest absolute Gasteiger partial charge is 0.355 e. The molecule has 1 saturated carbocycles. The predicted molar refractivity (Wildman–Crippen MR) is 114 cm³/mol. The first-order chi connectivity index (χ1) is 14.3. The third-order valence-corrected chi connectivity index (χ3v) is 7.26. The van der Waals surface area contributed by atoms with Crippen molar-refractivity contribution in [3.8, 4) is 0 Å². The fraction of sp³-hybridized carbons (Fsp3) is 0.545. The molecule has 1 spiro atoms. The van der Waals surface area contributed by atoms with Crippen molar-refractivity contribution in [2.45, 2.75) is 51.4 Å². The van der Waals surface area contributed by atoms with E-state index in [1.54, 1.807) is 0 Å². The van der Waals surface area contributed by atoms with E-state index in [9.17, 15) is 0 Å². The highest BCUT2D eigenvalue weighted by atomic mass is 15.3. The van der Waals surface area contributed by atoms with Crippen LogP contribution >= 0.6 is 0 Å². The van der Waals surface area contributed by atoms with Gasteiger partial charge in [-0.2, -0.15) is 5.10 Å². The van der Waals surface area contributed by atoms with E-state index in [1.807, 2.05) is 18.5 Å². The second-order valence-electron chi connectivity index (χ2n) is 8.89. The van der Waals surface area contributed by atoms with Crippen LogP contribution in [0.5, 0.6) is 0 Å². The number of nitrogens with zero attached hydrogens (tertiary/aromatic N) is 6. The summed E-state index contributed by atoms with van der Waals surface area (Å²) < 4.78 is 0. The van der Waals surface area contributed by atoms with Crippen LogP contribution < -0.4 is 9.80 Å². The lowest BCUT2D eigenvalue weighted by molar-refractivity contribution is 0.226. The summed E-state index contributed by atoms with van der Waals surface area (Å²) in [4.78, 5) is 18.8. The van der Waals surface area contributed by atoms with Gasteiger partial charge in [-0.25, -0.2) is 9.97 Å². The van der Waals surface area contributed by atoms with Crippen molar-refractivity contribution in [1.82, 2.24) is 25.1 Å². The molecule has 0 aromatic carbocycles. The molecule has 5 heterocycles. The van der Waals surface area contributed by atoms with Gasteiger partial charge in [0.05, 0.1) is 17.6 Å². The molecule has 0 unspecified atom stereocenters. The maximum absolute atomic E-state index is 4.89. The number of rotatable bonds is 2. The van der Waals surface area contributed by atoms with Crippen molar-refractivity contribution >= 4 is 28.5 Å². The third-order valence-electron chi connectivity index (χ3n) is 7.26. The van der Waals surface area contributed by atoms with Crippen LogP contribution in [-0.4, -0.2) is 44.8 Å². The quantitative estimate of drug-likeness (QED) is 0.714. The highest BCUT2D eigenvalue weighted by Crippen LogP contribution is 2.46. The number of hydrogen-bond donors (Lipinski definition) is 1. The van der Waals surface area contributed by atoms with E-state index in [0.717, 1.165) is 66.7 Å². The molecule has 29 heavy (non-hydrogen) atoms. The fourth-order valence-corrected chi connectivity index (χ4v) is 5.57. The van der Waals surface area contributed by atoms with Crippen LogP contribution in [0.25, 0.3) is 11.2 Å². The van der Waals surface area contributed by atoms with E-state index in [4.69, 9.17) is 9.97 Å². The third kappa shape index (κ3) is 2.86. The van der Waals surface area contributed by atoms with Crippen LogP contribution in [0.3, 0.4) is 0 Å². The van der Waals surface area contributed by atoms with Gasteiger partial charge in [-0.15, -0.1) is 0 Å². The molecule has 1 N–H and O–H groups in total. The molecule has 7 heteroatoms. The van der Waals surface area contributed by atoms with Crippen LogP contribution in [0.2, 0.25) is 0 Å². The zero-order valence-corrected chi connectivity index (χ0v) is 16.8. The van der Waals surface area contributed by atoms with Gasteiger partial charge in [-0.1, -0.05) is 12.8 Å². The molecule has 0 atom stereocenters. The van der Waals surface area contributed by atoms with Gasteiger partial charge in [-0.3, -0.25) is 10.1 Å². The highest BCUT2D eigenvalue weighted by molar-refractivity contribution is 5.87. The monoisotopic (exact) mass is 389 g/mol. The van der Waals surface area contributed by atoms with E-state index in [-0.39, 0.29) is 0 Å². The van der Waals surface area contributed by atoms with Crippen LogP contribution in [-0.2, 0) is 6.42 Å². The van der Waals surface area contributed by atoms with Crippen molar-refractivity contribution in [1.29, 1.82) is 0 Å². The standard InChI is InChI=1S/C22H27N7/c1-2-8-22(7-1)9-13-28(14-10-22)18-15-24-19-20(25-18)26-27-21(19)29-12-4-5-16-17(29)6-3-11-23-16/h3,6,11,15H,1-2,4-5,7-10,12-14H2,(H,25,26,27). The average Bonchev–Trinajstić information content (AvgIpc) is 3.41. The fourth-order valence-electron chi connectivity index (χ4n) is 5.57. The molecular weight excluding hydrogens is 362 g/mol. The van der Waals surface area contributed by atoms with Crippen LogP contribution in [0, 0.1) is 5.41 Å². The number of aromatic nitrogens is 5. The summed E-state index contributed by atoms with van der Waals surface area (Å²) in [6.07, 6.45) is 14.1. The molecule has 0 radical (unpaired) electrons. The van der Waals surface area contributed by atoms with Gasteiger partial charge in [-0.05, 0) is 56.1 Å². The van der Waals surface area contributed by atoms with Gasteiger partial charge in [0.2, 0.25) is 0 Å². The molecule has 1 aliphatic carbocycles. The van der Waals surface area contributed by atoms with Gasteiger partial charge >= 0.3 is 0 Å². The molecule has 3 aromatic heterocycles. The van der Waals surface area contributed by atoms with Gasteiger partial charge in [0, 0.05) is 25.8 Å². The number of pyridine rings is 1. The lowest BCUT2D eigenvalue weighted by Crippen LogP contribution is -2.39. The zero-order chi connectivity index (χ0) is 19.3. The number of fused-ring (bicyclic) bond motifs is 2. The number of aryl methyl sites for hydroxylation is 1. The molecular formula is C22H27N7. The number of aromatic amines is 1. The van der Waals surface area contributed by atoms with E-state index < -0.39 is 0 Å². The van der Waals surface area contributed by atoms with E-state index in [2.05, 4.69) is 31.0 Å². The Hall–Kier alpha value is -2.70. The number of hydrogen-bond acceptors (Lipinski definition) is 6. The van der Waals surface area contributed by atoms with E-state index in [0.29, 0.717) is 5.41 Å². The smallest absolute Gasteiger partial charge is 0.183 e. The molecule has 2 fully saturated rings. The number of H-pyrrole nitrogens is 1. The van der Waals surface area contributed by atoms with Crippen LogP contribution in [0.4, 0.5) is 17.3 Å². The Balaban J connectivity index is 1.28. The predicted octanol–water partition coefficient (Wildman–Crippen LogP) is 3.99. The molecule has 150 valence electrons. The first kappa shape index (κ1) is 17.2.